The fraction of sp³-hybridized carbons (Fsp3) is 0.300. The fourth-order valence-corrected chi connectivity index (χ4v) is 0.988. The summed E-state index contributed by atoms with van der Waals surface area (Å²) in [5, 5.41) is 0. The van der Waals surface area contributed by atoms with Gasteiger partial charge in [0.1, 0.15) is 5.75 Å². The van der Waals surface area contributed by atoms with Gasteiger partial charge >= 0.3 is 0 Å². The lowest BCUT2D eigenvalue weighted by Crippen LogP contribution is -1.99. The fourth-order valence-electron chi connectivity index (χ4n) is 0.988. The number of rotatable bonds is 3. The first kappa shape index (κ1) is 8.78. The molecule has 2 nitrogen and oxygen atoms in total. The highest BCUT2D eigenvalue weighted by Crippen LogP contribution is 2.19. The first-order valence-corrected chi connectivity index (χ1v) is 3.79. The Morgan fingerprint density at radius 3 is 2.83 bits per heavy atom. The Labute approximate surface area is 72.2 Å². The summed E-state index contributed by atoms with van der Waals surface area (Å²) in [6, 6.07) is 5.76. The van der Waals surface area contributed by atoms with Crippen LogP contribution >= 0.6 is 0 Å². The van der Waals surface area contributed by atoms with Gasteiger partial charge < -0.3 is 4.74 Å². The molecule has 12 heavy (non-hydrogen) atoms. The predicted molar refractivity (Wildman–Crippen MR) is 47.1 cm³/mol. The molecule has 0 saturated carbocycles. The Kier molecular flexibility index (Phi) is 2.86. The van der Waals surface area contributed by atoms with Crippen LogP contribution in [0.4, 0.5) is 0 Å². The summed E-state index contributed by atoms with van der Waals surface area (Å²) in [7, 11) is 0. The molecule has 0 N–H and O–H groups in total. The van der Waals surface area contributed by atoms with Crippen molar-refractivity contribution in [3.05, 3.63) is 29.3 Å². The number of benzene rings is 1. The molecule has 1 radical (unpaired) electrons. The summed E-state index contributed by atoms with van der Waals surface area (Å²) in [6.45, 7) is 3.98. The third-order valence-corrected chi connectivity index (χ3v) is 1.84. The molecule has 0 aliphatic rings. The minimum atomic E-state index is 0.00426. The van der Waals surface area contributed by atoms with Gasteiger partial charge in [0.15, 0.2) is 6.61 Å². The second-order valence-corrected chi connectivity index (χ2v) is 2.63. The van der Waals surface area contributed by atoms with E-state index in [4.69, 9.17) is 4.74 Å². The lowest BCUT2D eigenvalue weighted by Gasteiger charge is -2.07. The first-order valence-electron chi connectivity index (χ1n) is 3.79. The normalized spacial score (nSPS) is 9.50. The van der Waals surface area contributed by atoms with Crippen LogP contribution in [-0.2, 0) is 4.79 Å². The molecule has 0 bridgehead atoms. The number of hydrogen-bond acceptors (Lipinski definition) is 2. The van der Waals surface area contributed by atoms with Crippen LogP contribution in [0.1, 0.15) is 11.1 Å². The molecule has 0 saturated heterocycles. The van der Waals surface area contributed by atoms with Gasteiger partial charge in [-0.05, 0) is 31.0 Å². The van der Waals surface area contributed by atoms with Crippen LogP contribution in [0.5, 0.6) is 5.75 Å². The molecular formula is C10H11O2. The van der Waals surface area contributed by atoms with Crippen molar-refractivity contribution in [2.45, 2.75) is 13.8 Å². The van der Waals surface area contributed by atoms with Crippen molar-refractivity contribution in [2.24, 2.45) is 0 Å². The van der Waals surface area contributed by atoms with E-state index in [1.807, 2.05) is 32.0 Å². The highest BCUT2D eigenvalue weighted by molar-refractivity contribution is 5.53. The molecule has 0 atom stereocenters. The molecule has 63 valence electrons. The van der Waals surface area contributed by atoms with Gasteiger partial charge in [-0.2, -0.15) is 0 Å². The zero-order chi connectivity index (χ0) is 8.97. The maximum absolute atomic E-state index is 9.92. The Morgan fingerprint density at radius 2 is 2.17 bits per heavy atom. The zero-order valence-corrected chi connectivity index (χ0v) is 7.26. The van der Waals surface area contributed by atoms with Crippen LogP contribution in [0, 0.1) is 13.8 Å². The smallest absolute Gasteiger partial charge is 0.239 e. The van der Waals surface area contributed by atoms with Gasteiger partial charge in [0.25, 0.3) is 0 Å². The maximum Gasteiger partial charge on any atom is 0.239 e. The molecule has 1 rings (SSSR count). The summed E-state index contributed by atoms with van der Waals surface area (Å²) >= 11 is 0. The highest BCUT2D eigenvalue weighted by atomic mass is 16.5. The minimum absolute atomic E-state index is 0.00426. The van der Waals surface area contributed by atoms with E-state index in [2.05, 4.69) is 0 Å². The van der Waals surface area contributed by atoms with Crippen LogP contribution in [0.2, 0.25) is 0 Å². The van der Waals surface area contributed by atoms with Crippen LogP contribution in [0.3, 0.4) is 0 Å². The number of aryl methyl sites for hydroxylation is 1. The van der Waals surface area contributed by atoms with Gasteiger partial charge in [0, 0.05) is 0 Å². The average Bonchev–Trinajstić information content (AvgIpc) is 2.08. The molecule has 0 unspecified atom stereocenters. The molecule has 2 heteroatoms. The molecule has 0 spiro atoms. The van der Waals surface area contributed by atoms with Crippen molar-refractivity contribution in [3.8, 4) is 5.75 Å². The molecule has 1 aromatic carbocycles. The van der Waals surface area contributed by atoms with E-state index in [0.717, 1.165) is 11.3 Å². The van der Waals surface area contributed by atoms with E-state index in [0.29, 0.717) is 0 Å². The second-order valence-electron chi connectivity index (χ2n) is 2.63. The monoisotopic (exact) mass is 163 g/mol. The van der Waals surface area contributed by atoms with Gasteiger partial charge in [-0.15, -0.1) is 0 Å². The predicted octanol–water partition coefficient (Wildman–Crippen LogP) is 1.79. The lowest BCUT2D eigenvalue weighted by atomic mass is 10.1. The first-order chi connectivity index (χ1) is 5.75. The average molecular weight is 163 g/mol. The van der Waals surface area contributed by atoms with E-state index in [-0.39, 0.29) is 6.61 Å². The second kappa shape index (κ2) is 3.90. The van der Waals surface area contributed by atoms with E-state index >= 15 is 0 Å². The van der Waals surface area contributed by atoms with Gasteiger partial charge in [-0.25, -0.2) is 0 Å². The molecule has 0 fully saturated rings. The maximum atomic E-state index is 9.92. The van der Waals surface area contributed by atoms with Gasteiger partial charge in [0.05, 0.1) is 0 Å². The Morgan fingerprint density at radius 1 is 1.42 bits per heavy atom. The summed E-state index contributed by atoms with van der Waals surface area (Å²) in [4.78, 5) is 9.92. The minimum Gasteiger partial charge on any atom is -0.485 e. The molecule has 1 aromatic rings. The summed E-state index contributed by atoms with van der Waals surface area (Å²) in [5.41, 5.74) is 2.24. The summed E-state index contributed by atoms with van der Waals surface area (Å²) in [6.07, 6.45) is 1.69. The standard InChI is InChI=1S/C10H11O2/c1-8-4-3-5-10(9(8)2)12-7-6-11/h3-5H,7H2,1-2H3. The zero-order valence-electron chi connectivity index (χ0n) is 7.26. The van der Waals surface area contributed by atoms with Crippen molar-refractivity contribution in [2.75, 3.05) is 6.61 Å². The number of ether oxygens (including phenoxy) is 1. The van der Waals surface area contributed by atoms with Gasteiger partial charge in [-0.3, -0.25) is 4.79 Å². The van der Waals surface area contributed by atoms with Crippen molar-refractivity contribution in [3.63, 3.8) is 0 Å². The van der Waals surface area contributed by atoms with E-state index in [9.17, 15) is 4.79 Å². The molecule has 0 aliphatic heterocycles. The van der Waals surface area contributed by atoms with Crippen molar-refractivity contribution in [1.82, 2.24) is 0 Å². The topological polar surface area (TPSA) is 26.3 Å². The molecular weight excluding hydrogens is 152 g/mol. The Hall–Kier alpha value is -1.31. The molecule has 0 heterocycles. The van der Waals surface area contributed by atoms with Crippen LogP contribution in [0.25, 0.3) is 0 Å². The summed E-state index contributed by atoms with van der Waals surface area (Å²) in [5.74, 6) is 0.762. The van der Waals surface area contributed by atoms with Crippen molar-refractivity contribution < 1.29 is 9.53 Å². The van der Waals surface area contributed by atoms with Crippen LogP contribution < -0.4 is 4.74 Å². The van der Waals surface area contributed by atoms with Gasteiger partial charge in [-0.1, -0.05) is 12.1 Å². The van der Waals surface area contributed by atoms with Gasteiger partial charge in [0.2, 0.25) is 6.29 Å². The number of hydrogen-bond donors (Lipinski definition) is 0. The van der Waals surface area contributed by atoms with Crippen LogP contribution in [0.15, 0.2) is 18.2 Å². The van der Waals surface area contributed by atoms with E-state index in [1.165, 1.54) is 5.56 Å². The van der Waals surface area contributed by atoms with E-state index in [1.54, 1.807) is 6.29 Å². The summed E-state index contributed by atoms with van der Waals surface area (Å²) < 4.78 is 5.14. The highest BCUT2D eigenvalue weighted by Gasteiger charge is 1.99. The largest absolute Gasteiger partial charge is 0.485 e. The Bertz CT molecular complexity index is 279. The third-order valence-electron chi connectivity index (χ3n) is 1.84. The van der Waals surface area contributed by atoms with Crippen molar-refractivity contribution in [1.29, 1.82) is 0 Å². The lowest BCUT2D eigenvalue weighted by molar-refractivity contribution is 0.362. The third kappa shape index (κ3) is 1.84. The number of carbonyl (C=O) groups excluding carboxylic acids is 1. The quantitative estimate of drug-likeness (QED) is 0.679. The van der Waals surface area contributed by atoms with Crippen LogP contribution in [-0.4, -0.2) is 12.9 Å². The van der Waals surface area contributed by atoms with Crippen molar-refractivity contribution >= 4 is 6.29 Å². The SMILES string of the molecule is Cc1cccc(OC[C]=O)c1C. The molecule has 0 amide bonds. The molecule has 0 aliphatic carbocycles. The van der Waals surface area contributed by atoms with E-state index < -0.39 is 0 Å². The molecule has 0 aromatic heterocycles. The Balaban J connectivity index is 2.84.